The van der Waals surface area contributed by atoms with Gasteiger partial charge in [-0.15, -0.1) is 12.4 Å². The van der Waals surface area contributed by atoms with Gasteiger partial charge >= 0.3 is 0 Å². The first-order valence-electron chi connectivity index (χ1n) is 8.43. The van der Waals surface area contributed by atoms with Crippen LogP contribution in [0.3, 0.4) is 0 Å². The van der Waals surface area contributed by atoms with Crippen LogP contribution in [0.15, 0.2) is 30.3 Å². The van der Waals surface area contributed by atoms with Gasteiger partial charge in [-0.25, -0.2) is 0 Å². The van der Waals surface area contributed by atoms with Gasteiger partial charge in [0, 0.05) is 6.54 Å². The number of ether oxygens (including phenoxy) is 1. The van der Waals surface area contributed by atoms with E-state index in [9.17, 15) is 9.59 Å². The van der Waals surface area contributed by atoms with Gasteiger partial charge in [0.25, 0.3) is 0 Å². The van der Waals surface area contributed by atoms with Crippen LogP contribution in [-0.2, 0) is 20.7 Å². The number of carbonyl (C=O) groups is 2. The molecule has 0 saturated carbocycles. The standard InChI is InChI=1S/C18H27N3O3.ClH/c1-13(2)17(19)18(23)20-11-16(22)21-8-9-24-12-15(21)10-14-6-4-3-5-7-14;/h3-7,13,15,17H,8-12,19H2,1-2H3,(H,20,23);1H/t15?,17-;/m0./s1. The predicted octanol–water partition coefficient (Wildman–Crippen LogP) is 0.978. The summed E-state index contributed by atoms with van der Waals surface area (Å²) in [7, 11) is 0. The number of benzene rings is 1. The Hall–Kier alpha value is -1.63. The minimum atomic E-state index is -0.595. The first-order chi connectivity index (χ1) is 11.5. The molecule has 2 rings (SSSR count). The summed E-state index contributed by atoms with van der Waals surface area (Å²) < 4.78 is 5.53. The van der Waals surface area contributed by atoms with Crippen LogP contribution in [-0.4, -0.2) is 55.1 Å². The maximum Gasteiger partial charge on any atom is 0.242 e. The molecule has 7 heteroatoms. The molecule has 2 amide bonds. The zero-order valence-electron chi connectivity index (χ0n) is 14.8. The zero-order valence-corrected chi connectivity index (χ0v) is 15.6. The summed E-state index contributed by atoms with van der Waals surface area (Å²) in [6.45, 7) is 5.32. The lowest BCUT2D eigenvalue weighted by Gasteiger charge is -2.36. The fourth-order valence-electron chi connectivity index (χ4n) is 2.72. The lowest BCUT2D eigenvalue weighted by atomic mass is 10.0. The van der Waals surface area contributed by atoms with Crippen molar-refractivity contribution in [3.8, 4) is 0 Å². The van der Waals surface area contributed by atoms with E-state index in [-0.39, 0.29) is 42.7 Å². The van der Waals surface area contributed by atoms with E-state index in [4.69, 9.17) is 10.5 Å². The smallest absolute Gasteiger partial charge is 0.242 e. The molecule has 0 radical (unpaired) electrons. The molecule has 1 aliphatic rings. The Morgan fingerprint density at radius 3 is 2.64 bits per heavy atom. The SMILES string of the molecule is CC(C)[C@H](N)C(=O)NCC(=O)N1CCOCC1Cc1ccccc1.Cl. The number of hydrogen-bond acceptors (Lipinski definition) is 4. The molecule has 3 N–H and O–H groups in total. The number of morpholine rings is 1. The maximum atomic E-state index is 12.5. The van der Waals surface area contributed by atoms with Crippen LogP contribution in [0.2, 0.25) is 0 Å². The van der Waals surface area contributed by atoms with Crippen LogP contribution in [0.5, 0.6) is 0 Å². The summed E-state index contributed by atoms with van der Waals surface area (Å²) >= 11 is 0. The molecule has 6 nitrogen and oxygen atoms in total. The first-order valence-corrected chi connectivity index (χ1v) is 8.43. The summed E-state index contributed by atoms with van der Waals surface area (Å²) in [5, 5.41) is 2.65. The third kappa shape index (κ3) is 6.30. The van der Waals surface area contributed by atoms with E-state index in [0.717, 1.165) is 12.0 Å². The molecule has 0 aliphatic carbocycles. The van der Waals surface area contributed by atoms with Gasteiger partial charge in [0.15, 0.2) is 0 Å². The van der Waals surface area contributed by atoms with Gasteiger partial charge in [-0.05, 0) is 17.9 Å². The molecule has 1 aromatic carbocycles. The average Bonchev–Trinajstić information content (AvgIpc) is 2.60. The number of carbonyl (C=O) groups excluding carboxylic acids is 2. The molecule has 0 aromatic heterocycles. The normalized spacial score (nSPS) is 18.4. The molecule has 1 saturated heterocycles. The van der Waals surface area contributed by atoms with Crippen molar-refractivity contribution in [1.29, 1.82) is 0 Å². The molecule has 1 unspecified atom stereocenters. The Bertz CT molecular complexity index is 554. The predicted molar refractivity (Wildman–Crippen MR) is 99.5 cm³/mol. The number of nitrogens with two attached hydrogens (primary N) is 1. The second kappa shape index (κ2) is 10.4. The maximum absolute atomic E-state index is 12.5. The Morgan fingerprint density at radius 1 is 1.32 bits per heavy atom. The highest BCUT2D eigenvalue weighted by molar-refractivity contribution is 5.87. The quantitative estimate of drug-likeness (QED) is 0.782. The van der Waals surface area contributed by atoms with Gasteiger partial charge in [0.05, 0.1) is 31.8 Å². The molecule has 25 heavy (non-hydrogen) atoms. The van der Waals surface area contributed by atoms with Crippen molar-refractivity contribution in [3.05, 3.63) is 35.9 Å². The number of nitrogens with zero attached hydrogens (tertiary/aromatic N) is 1. The van der Waals surface area contributed by atoms with Crippen LogP contribution in [0.25, 0.3) is 0 Å². The van der Waals surface area contributed by atoms with Gasteiger partial charge in [0.2, 0.25) is 11.8 Å². The van der Waals surface area contributed by atoms with E-state index in [2.05, 4.69) is 5.32 Å². The number of nitrogens with one attached hydrogen (secondary N) is 1. The van der Waals surface area contributed by atoms with Crippen molar-refractivity contribution in [2.24, 2.45) is 11.7 Å². The Kier molecular flexibility index (Phi) is 8.89. The van der Waals surface area contributed by atoms with E-state index in [1.54, 1.807) is 4.90 Å². The fourth-order valence-corrected chi connectivity index (χ4v) is 2.72. The minimum absolute atomic E-state index is 0. The highest BCUT2D eigenvalue weighted by Crippen LogP contribution is 2.13. The van der Waals surface area contributed by atoms with E-state index >= 15 is 0 Å². The van der Waals surface area contributed by atoms with Gasteiger partial charge in [-0.2, -0.15) is 0 Å². The lowest BCUT2D eigenvalue weighted by molar-refractivity contribution is -0.140. The lowest BCUT2D eigenvalue weighted by Crippen LogP contribution is -2.54. The molecule has 2 atom stereocenters. The zero-order chi connectivity index (χ0) is 17.5. The van der Waals surface area contributed by atoms with E-state index < -0.39 is 6.04 Å². The summed E-state index contributed by atoms with van der Waals surface area (Å²) in [6.07, 6.45) is 0.742. The monoisotopic (exact) mass is 369 g/mol. The van der Waals surface area contributed by atoms with Crippen molar-refractivity contribution in [2.75, 3.05) is 26.3 Å². The van der Waals surface area contributed by atoms with Crippen LogP contribution >= 0.6 is 12.4 Å². The van der Waals surface area contributed by atoms with Gasteiger partial charge in [0.1, 0.15) is 0 Å². The third-order valence-corrected chi connectivity index (χ3v) is 4.30. The number of rotatable bonds is 6. The van der Waals surface area contributed by atoms with Crippen molar-refractivity contribution in [2.45, 2.75) is 32.4 Å². The van der Waals surface area contributed by atoms with Crippen LogP contribution in [0.4, 0.5) is 0 Å². The Morgan fingerprint density at radius 2 is 2.00 bits per heavy atom. The van der Waals surface area contributed by atoms with Crippen LogP contribution in [0, 0.1) is 5.92 Å². The van der Waals surface area contributed by atoms with Crippen molar-refractivity contribution in [3.63, 3.8) is 0 Å². The van der Waals surface area contributed by atoms with Crippen LogP contribution < -0.4 is 11.1 Å². The van der Waals surface area contributed by atoms with E-state index in [1.807, 2.05) is 44.2 Å². The highest BCUT2D eigenvalue weighted by Gasteiger charge is 2.28. The van der Waals surface area contributed by atoms with E-state index in [1.165, 1.54) is 0 Å². The second-order valence-electron chi connectivity index (χ2n) is 6.49. The second-order valence-corrected chi connectivity index (χ2v) is 6.49. The van der Waals surface area contributed by atoms with Gasteiger partial charge < -0.3 is 20.7 Å². The summed E-state index contributed by atoms with van der Waals surface area (Å²) in [5.41, 5.74) is 6.96. The Balaban J connectivity index is 0.00000312. The number of amides is 2. The molecule has 0 spiro atoms. The van der Waals surface area contributed by atoms with Crippen molar-refractivity contribution >= 4 is 24.2 Å². The molecule has 1 fully saturated rings. The summed E-state index contributed by atoms with van der Waals surface area (Å²) in [5.74, 6) is -0.343. The molecule has 1 aromatic rings. The topological polar surface area (TPSA) is 84.7 Å². The third-order valence-electron chi connectivity index (χ3n) is 4.30. The Labute approximate surface area is 155 Å². The van der Waals surface area contributed by atoms with Gasteiger partial charge in [-0.1, -0.05) is 44.2 Å². The van der Waals surface area contributed by atoms with Crippen molar-refractivity contribution < 1.29 is 14.3 Å². The molecule has 1 heterocycles. The van der Waals surface area contributed by atoms with E-state index in [0.29, 0.717) is 19.8 Å². The van der Waals surface area contributed by atoms with Crippen molar-refractivity contribution in [1.82, 2.24) is 10.2 Å². The molecular weight excluding hydrogens is 342 g/mol. The minimum Gasteiger partial charge on any atom is -0.377 e. The molecular formula is C18H28ClN3O3. The number of hydrogen-bond donors (Lipinski definition) is 2. The summed E-state index contributed by atoms with van der Waals surface area (Å²) in [4.78, 5) is 26.2. The largest absolute Gasteiger partial charge is 0.377 e. The van der Waals surface area contributed by atoms with Crippen LogP contribution in [0.1, 0.15) is 19.4 Å². The average molecular weight is 370 g/mol. The fraction of sp³-hybridized carbons (Fsp3) is 0.556. The number of halogens is 1. The molecule has 0 bridgehead atoms. The highest BCUT2D eigenvalue weighted by atomic mass is 35.5. The van der Waals surface area contributed by atoms with Gasteiger partial charge in [-0.3, -0.25) is 9.59 Å². The molecule has 1 aliphatic heterocycles. The first kappa shape index (κ1) is 21.4. The summed E-state index contributed by atoms with van der Waals surface area (Å²) in [6, 6.07) is 9.42. The molecule has 140 valence electrons.